The van der Waals surface area contributed by atoms with Crippen molar-refractivity contribution in [3.8, 4) is 11.8 Å². The lowest BCUT2D eigenvalue weighted by molar-refractivity contribution is -0.134. The first-order chi connectivity index (χ1) is 10.1. The SMILES string of the molecule is CCCC(C)C(=O)N(C)Cc1cccc(C#CCCO)c1. The number of amides is 1. The van der Waals surface area contributed by atoms with Gasteiger partial charge in [-0.2, -0.15) is 0 Å². The molecule has 1 amide bonds. The summed E-state index contributed by atoms with van der Waals surface area (Å²) in [6.07, 6.45) is 2.43. The van der Waals surface area contributed by atoms with E-state index in [-0.39, 0.29) is 18.4 Å². The summed E-state index contributed by atoms with van der Waals surface area (Å²) in [5.74, 6) is 6.19. The van der Waals surface area contributed by atoms with E-state index in [9.17, 15) is 4.79 Å². The largest absolute Gasteiger partial charge is 0.395 e. The molecule has 3 heteroatoms. The molecule has 1 unspecified atom stereocenters. The van der Waals surface area contributed by atoms with E-state index in [1.807, 2.05) is 38.2 Å². The monoisotopic (exact) mass is 287 g/mol. The lowest BCUT2D eigenvalue weighted by Crippen LogP contribution is -2.31. The van der Waals surface area contributed by atoms with E-state index < -0.39 is 0 Å². The van der Waals surface area contributed by atoms with Crippen molar-refractivity contribution in [1.29, 1.82) is 0 Å². The number of carbonyl (C=O) groups excluding carboxylic acids is 1. The summed E-state index contributed by atoms with van der Waals surface area (Å²) >= 11 is 0. The third-order valence-electron chi connectivity index (χ3n) is 3.34. The highest BCUT2D eigenvalue weighted by molar-refractivity contribution is 5.78. The predicted molar refractivity (Wildman–Crippen MR) is 85.6 cm³/mol. The molecule has 0 saturated carbocycles. The maximum Gasteiger partial charge on any atom is 0.225 e. The lowest BCUT2D eigenvalue weighted by Gasteiger charge is -2.21. The highest BCUT2D eigenvalue weighted by Crippen LogP contribution is 2.12. The van der Waals surface area contributed by atoms with Crippen LogP contribution in [-0.4, -0.2) is 29.6 Å². The van der Waals surface area contributed by atoms with Crippen LogP contribution in [0.5, 0.6) is 0 Å². The Hall–Kier alpha value is -1.79. The van der Waals surface area contributed by atoms with E-state index in [4.69, 9.17) is 5.11 Å². The number of rotatable bonds is 6. The molecule has 0 aliphatic rings. The molecule has 0 saturated heterocycles. The molecule has 1 aromatic rings. The Bertz CT molecular complexity index is 513. The van der Waals surface area contributed by atoms with Gasteiger partial charge >= 0.3 is 0 Å². The van der Waals surface area contributed by atoms with Crippen LogP contribution in [0.25, 0.3) is 0 Å². The Labute approximate surface area is 128 Å². The van der Waals surface area contributed by atoms with E-state index in [1.54, 1.807) is 4.90 Å². The second-order valence-corrected chi connectivity index (χ2v) is 5.36. The van der Waals surface area contributed by atoms with E-state index in [2.05, 4.69) is 18.8 Å². The van der Waals surface area contributed by atoms with Gasteiger partial charge in [0.2, 0.25) is 5.91 Å². The molecule has 0 spiro atoms. The van der Waals surface area contributed by atoms with Gasteiger partial charge in [0.15, 0.2) is 0 Å². The fourth-order valence-electron chi connectivity index (χ4n) is 2.25. The molecule has 0 aliphatic heterocycles. The molecule has 1 N–H and O–H groups in total. The molecule has 0 fully saturated rings. The zero-order chi connectivity index (χ0) is 15.7. The van der Waals surface area contributed by atoms with Crippen LogP contribution in [0.4, 0.5) is 0 Å². The topological polar surface area (TPSA) is 40.5 Å². The summed E-state index contributed by atoms with van der Waals surface area (Å²) in [6, 6.07) is 7.89. The summed E-state index contributed by atoms with van der Waals surface area (Å²) in [6.45, 7) is 4.76. The molecule has 0 aromatic heterocycles. The van der Waals surface area contributed by atoms with Crippen molar-refractivity contribution in [2.24, 2.45) is 5.92 Å². The van der Waals surface area contributed by atoms with E-state index in [0.29, 0.717) is 13.0 Å². The van der Waals surface area contributed by atoms with Crippen LogP contribution in [0.15, 0.2) is 24.3 Å². The normalized spacial score (nSPS) is 11.4. The maximum atomic E-state index is 12.2. The van der Waals surface area contributed by atoms with Gasteiger partial charge in [-0.25, -0.2) is 0 Å². The highest BCUT2D eigenvalue weighted by atomic mass is 16.2. The number of hydrogen-bond acceptors (Lipinski definition) is 2. The number of hydrogen-bond donors (Lipinski definition) is 1. The fourth-order valence-corrected chi connectivity index (χ4v) is 2.25. The van der Waals surface area contributed by atoms with Crippen molar-refractivity contribution in [3.05, 3.63) is 35.4 Å². The minimum atomic E-state index is 0.0764. The molecule has 3 nitrogen and oxygen atoms in total. The Morgan fingerprint density at radius 3 is 2.86 bits per heavy atom. The first-order valence-corrected chi connectivity index (χ1v) is 7.52. The Kier molecular flexibility index (Phi) is 7.56. The Morgan fingerprint density at radius 1 is 1.43 bits per heavy atom. The zero-order valence-electron chi connectivity index (χ0n) is 13.2. The highest BCUT2D eigenvalue weighted by Gasteiger charge is 2.16. The molecule has 0 aliphatic carbocycles. The van der Waals surface area contributed by atoms with E-state index in [0.717, 1.165) is 24.0 Å². The third-order valence-corrected chi connectivity index (χ3v) is 3.34. The second-order valence-electron chi connectivity index (χ2n) is 5.36. The summed E-state index contributed by atoms with van der Waals surface area (Å²) in [7, 11) is 1.85. The van der Waals surface area contributed by atoms with Crippen molar-refractivity contribution in [1.82, 2.24) is 4.90 Å². The molecule has 21 heavy (non-hydrogen) atoms. The van der Waals surface area contributed by atoms with Crippen LogP contribution in [0.1, 0.15) is 44.2 Å². The van der Waals surface area contributed by atoms with Crippen molar-refractivity contribution in [3.63, 3.8) is 0 Å². The smallest absolute Gasteiger partial charge is 0.225 e. The predicted octanol–water partition coefficient (Wildman–Crippen LogP) is 2.82. The summed E-state index contributed by atoms with van der Waals surface area (Å²) in [5.41, 5.74) is 1.99. The molecule has 0 bridgehead atoms. The summed E-state index contributed by atoms with van der Waals surface area (Å²) in [5, 5.41) is 8.73. The Morgan fingerprint density at radius 2 is 2.19 bits per heavy atom. The summed E-state index contributed by atoms with van der Waals surface area (Å²) < 4.78 is 0. The van der Waals surface area contributed by atoms with Crippen molar-refractivity contribution in [2.45, 2.75) is 39.7 Å². The summed E-state index contributed by atoms with van der Waals surface area (Å²) in [4.78, 5) is 14.0. The zero-order valence-corrected chi connectivity index (χ0v) is 13.2. The fraction of sp³-hybridized carbons (Fsp3) is 0.500. The van der Waals surface area contributed by atoms with Gasteiger partial charge in [-0.05, 0) is 24.1 Å². The first-order valence-electron chi connectivity index (χ1n) is 7.52. The number of aliphatic hydroxyl groups is 1. The average molecular weight is 287 g/mol. The number of carbonyl (C=O) groups is 1. The molecule has 1 aromatic carbocycles. The van der Waals surface area contributed by atoms with Crippen LogP contribution in [0.3, 0.4) is 0 Å². The van der Waals surface area contributed by atoms with Gasteiger partial charge in [0.05, 0.1) is 6.61 Å². The van der Waals surface area contributed by atoms with Gasteiger partial charge in [-0.3, -0.25) is 4.79 Å². The quantitative estimate of drug-likeness (QED) is 0.817. The van der Waals surface area contributed by atoms with Gasteiger partial charge in [-0.1, -0.05) is 44.2 Å². The number of benzene rings is 1. The van der Waals surface area contributed by atoms with Crippen molar-refractivity contribution >= 4 is 5.91 Å². The van der Waals surface area contributed by atoms with Crippen molar-refractivity contribution in [2.75, 3.05) is 13.7 Å². The molecule has 1 atom stereocenters. The van der Waals surface area contributed by atoms with Crippen LogP contribution in [-0.2, 0) is 11.3 Å². The second kappa shape index (κ2) is 9.20. The van der Waals surface area contributed by atoms with Crippen molar-refractivity contribution < 1.29 is 9.90 Å². The van der Waals surface area contributed by atoms with Gasteiger partial charge in [-0.15, -0.1) is 0 Å². The third kappa shape index (κ3) is 6.01. The van der Waals surface area contributed by atoms with Gasteiger partial charge < -0.3 is 10.0 Å². The van der Waals surface area contributed by atoms with Gasteiger partial charge in [0.25, 0.3) is 0 Å². The van der Waals surface area contributed by atoms with E-state index >= 15 is 0 Å². The van der Waals surface area contributed by atoms with Crippen LogP contribution in [0.2, 0.25) is 0 Å². The van der Waals surface area contributed by atoms with Crippen LogP contribution < -0.4 is 0 Å². The number of nitrogens with zero attached hydrogens (tertiary/aromatic N) is 1. The molecular weight excluding hydrogens is 262 g/mol. The minimum Gasteiger partial charge on any atom is -0.395 e. The standard InChI is InChI=1S/C18H25NO2/c1-4-8-15(2)18(21)19(3)14-17-11-7-10-16(13-17)9-5-6-12-20/h7,10-11,13,15,20H,4,6,8,12,14H2,1-3H3. The molecule has 0 heterocycles. The lowest BCUT2D eigenvalue weighted by atomic mass is 10.0. The average Bonchev–Trinajstić information content (AvgIpc) is 2.47. The number of aliphatic hydroxyl groups excluding tert-OH is 1. The Balaban J connectivity index is 2.68. The molecular formula is C18H25NO2. The molecule has 0 radical (unpaired) electrons. The van der Waals surface area contributed by atoms with Crippen LogP contribution >= 0.6 is 0 Å². The minimum absolute atomic E-state index is 0.0764. The van der Waals surface area contributed by atoms with Gasteiger partial charge in [0.1, 0.15) is 0 Å². The van der Waals surface area contributed by atoms with E-state index in [1.165, 1.54) is 0 Å². The van der Waals surface area contributed by atoms with Crippen LogP contribution in [0, 0.1) is 17.8 Å². The van der Waals surface area contributed by atoms with Gasteiger partial charge in [0, 0.05) is 31.5 Å². The molecule has 114 valence electrons. The maximum absolute atomic E-state index is 12.2. The first kappa shape index (κ1) is 17.3. The molecule has 1 rings (SSSR count).